The first-order valence-corrected chi connectivity index (χ1v) is 13.8. The fourth-order valence-corrected chi connectivity index (χ4v) is 5.81. The van der Waals surface area contributed by atoms with Gasteiger partial charge in [0.1, 0.15) is 5.75 Å². The van der Waals surface area contributed by atoms with E-state index in [0.717, 1.165) is 39.8 Å². The van der Waals surface area contributed by atoms with Crippen molar-refractivity contribution in [1.29, 1.82) is 0 Å². The SMILES string of the molecule is C=C(c1c/c(=C(Cl)/C=C\C)c(=C)n1CC1CC1)N(C)c1c(C)cc(C(=O)N2CC(C)C(N)C2C)cc1OC. The molecule has 2 fully saturated rings. The largest absolute Gasteiger partial charge is 0.495 e. The zero-order valence-electron chi connectivity index (χ0n) is 23.6. The molecule has 1 aliphatic heterocycles. The van der Waals surface area contributed by atoms with Gasteiger partial charge in [0.15, 0.2) is 0 Å². The molecule has 1 aromatic carbocycles. The number of nitrogens with two attached hydrogens (primary N) is 1. The smallest absolute Gasteiger partial charge is 0.254 e. The molecule has 204 valence electrons. The summed E-state index contributed by atoms with van der Waals surface area (Å²) in [6.45, 7) is 18.4. The Kier molecular flexibility index (Phi) is 8.15. The average molecular weight is 537 g/mol. The summed E-state index contributed by atoms with van der Waals surface area (Å²) in [5, 5.41) is 2.46. The molecular weight excluding hydrogens is 496 g/mol. The topological polar surface area (TPSA) is 63.7 Å². The van der Waals surface area contributed by atoms with E-state index < -0.39 is 0 Å². The van der Waals surface area contributed by atoms with Crippen LogP contribution in [0.4, 0.5) is 5.69 Å². The van der Waals surface area contributed by atoms with Crippen molar-refractivity contribution < 1.29 is 9.53 Å². The highest BCUT2D eigenvalue weighted by atomic mass is 35.5. The minimum atomic E-state index is -0.0241. The first-order valence-electron chi connectivity index (χ1n) is 13.4. The second kappa shape index (κ2) is 11.0. The Labute approximate surface area is 231 Å². The number of amides is 1. The van der Waals surface area contributed by atoms with Crippen LogP contribution in [0.15, 0.2) is 36.9 Å². The van der Waals surface area contributed by atoms with Gasteiger partial charge in [0.25, 0.3) is 5.91 Å². The van der Waals surface area contributed by atoms with E-state index in [-0.39, 0.29) is 23.9 Å². The van der Waals surface area contributed by atoms with Crippen molar-refractivity contribution in [3.63, 3.8) is 0 Å². The monoisotopic (exact) mass is 536 g/mol. The maximum absolute atomic E-state index is 13.5. The molecule has 2 N–H and O–H groups in total. The van der Waals surface area contributed by atoms with Gasteiger partial charge >= 0.3 is 0 Å². The van der Waals surface area contributed by atoms with Gasteiger partial charge < -0.3 is 24.8 Å². The molecule has 1 aliphatic carbocycles. The molecule has 0 bridgehead atoms. The molecule has 0 radical (unpaired) electrons. The van der Waals surface area contributed by atoms with Crippen molar-refractivity contribution in [3.8, 4) is 5.75 Å². The van der Waals surface area contributed by atoms with Gasteiger partial charge in [0, 0.05) is 53.4 Å². The van der Waals surface area contributed by atoms with Gasteiger partial charge in [-0.05, 0) is 75.3 Å². The van der Waals surface area contributed by atoms with E-state index in [1.165, 1.54) is 12.8 Å². The predicted octanol–water partition coefficient (Wildman–Crippen LogP) is 4.46. The van der Waals surface area contributed by atoms with Crippen LogP contribution in [0.5, 0.6) is 5.75 Å². The van der Waals surface area contributed by atoms with Crippen molar-refractivity contribution in [2.45, 2.75) is 59.2 Å². The minimum absolute atomic E-state index is 0.0117. The first kappa shape index (κ1) is 28.1. The number of methoxy groups -OCH3 is 1. The zero-order valence-corrected chi connectivity index (χ0v) is 24.3. The van der Waals surface area contributed by atoms with Gasteiger partial charge in [-0.25, -0.2) is 0 Å². The van der Waals surface area contributed by atoms with Gasteiger partial charge in [-0.1, -0.05) is 37.8 Å². The fourth-order valence-electron chi connectivity index (χ4n) is 5.52. The third-order valence-electron chi connectivity index (χ3n) is 8.14. The number of aromatic nitrogens is 1. The van der Waals surface area contributed by atoms with Gasteiger partial charge in [0.05, 0.1) is 24.2 Å². The third-order valence-corrected chi connectivity index (χ3v) is 8.47. The molecule has 2 heterocycles. The zero-order chi connectivity index (χ0) is 27.9. The number of likely N-dealkylation sites (tertiary alicyclic amines) is 1. The Morgan fingerprint density at radius 1 is 1.29 bits per heavy atom. The van der Waals surface area contributed by atoms with Gasteiger partial charge in [-0.2, -0.15) is 0 Å². The van der Waals surface area contributed by atoms with Crippen LogP contribution in [-0.4, -0.2) is 48.2 Å². The van der Waals surface area contributed by atoms with Crippen LogP contribution < -0.4 is 25.9 Å². The number of carbonyl (C=O) groups excluding carboxylic acids is 1. The average Bonchev–Trinajstić information content (AvgIpc) is 3.61. The van der Waals surface area contributed by atoms with Crippen LogP contribution in [0, 0.1) is 18.8 Å². The summed E-state index contributed by atoms with van der Waals surface area (Å²) in [5.41, 5.74) is 10.5. The van der Waals surface area contributed by atoms with Crippen LogP contribution in [0.1, 0.15) is 55.2 Å². The number of halogens is 1. The van der Waals surface area contributed by atoms with E-state index in [4.69, 9.17) is 22.1 Å². The second-order valence-electron chi connectivity index (χ2n) is 10.9. The number of ether oxygens (including phenoxy) is 1. The lowest BCUT2D eigenvalue weighted by Crippen LogP contribution is -2.41. The van der Waals surface area contributed by atoms with Crippen molar-refractivity contribution in [1.82, 2.24) is 9.47 Å². The number of anilines is 1. The molecule has 38 heavy (non-hydrogen) atoms. The lowest BCUT2D eigenvalue weighted by atomic mass is 10.0. The Hall–Kier alpha value is -2.96. The Morgan fingerprint density at radius 2 is 1.97 bits per heavy atom. The fraction of sp³-hybridized carbons (Fsp3) is 0.452. The number of hydrogen-bond donors (Lipinski definition) is 1. The van der Waals surface area contributed by atoms with Crippen molar-refractivity contribution in [2.24, 2.45) is 17.6 Å². The molecule has 2 aliphatic rings. The molecule has 1 saturated carbocycles. The molecule has 1 amide bonds. The van der Waals surface area contributed by atoms with Crippen LogP contribution in [0.3, 0.4) is 0 Å². The van der Waals surface area contributed by atoms with Gasteiger partial charge in [-0.3, -0.25) is 4.79 Å². The number of rotatable bonds is 8. The Morgan fingerprint density at radius 3 is 2.53 bits per heavy atom. The van der Waals surface area contributed by atoms with E-state index in [1.54, 1.807) is 7.11 Å². The van der Waals surface area contributed by atoms with E-state index in [1.807, 2.05) is 61.9 Å². The van der Waals surface area contributed by atoms with E-state index in [2.05, 4.69) is 30.7 Å². The molecule has 3 unspecified atom stereocenters. The number of hydrogen-bond acceptors (Lipinski definition) is 4. The first-order chi connectivity index (χ1) is 18.0. The predicted molar refractivity (Wildman–Crippen MR) is 159 cm³/mol. The number of nitrogens with zero attached hydrogens (tertiary/aromatic N) is 3. The van der Waals surface area contributed by atoms with E-state index >= 15 is 0 Å². The van der Waals surface area contributed by atoms with Crippen LogP contribution in [0.25, 0.3) is 17.3 Å². The summed E-state index contributed by atoms with van der Waals surface area (Å²) in [7, 11) is 3.61. The summed E-state index contributed by atoms with van der Waals surface area (Å²) in [4.78, 5) is 17.4. The van der Waals surface area contributed by atoms with Gasteiger partial charge in [0.2, 0.25) is 0 Å². The third kappa shape index (κ3) is 5.16. The number of carbonyl (C=O) groups is 1. The number of allylic oxidation sites excluding steroid dienone is 2. The molecule has 3 atom stereocenters. The molecule has 7 heteroatoms. The number of benzene rings is 1. The summed E-state index contributed by atoms with van der Waals surface area (Å²) < 4.78 is 8.06. The summed E-state index contributed by atoms with van der Waals surface area (Å²) in [6, 6.07) is 5.80. The van der Waals surface area contributed by atoms with E-state index in [9.17, 15) is 4.79 Å². The van der Waals surface area contributed by atoms with Crippen molar-refractivity contribution in [2.75, 3.05) is 25.6 Å². The maximum Gasteiger partial charge on any atom is 0.254 e. The molecular formula is C31H41ClN4O2. The summed E-state index contributed by atoms with van der Waals surface area (Å²) in [5.74, 6) is 1.51. The quantitative estimate of drug-likeness (QED) is 0.541. The normalized spacial score (nSPS) is 22.2. The second-order valence-corrected chi connectivity index (χ2v) is 11.3. The lowest BCUT2D eigenvalue weighted by molar-refractivity contribution is 0.0739. The van der Waals surface area contributed by atoms with Crippen molar-refractivity contribution >= 4 is 40.5 Å². The molecule has 2 aromatic rings. The highest BCUT2D eigenvalue weighted by Crippen LogP contribution is 2.38. The standard InChI is InChI=1S/C31H41ClN4O2/c1-9-10-26(32)25-15-27(35(20(25)4)17-23-11-12-23)21(5)34(7)30-18(2)13-24(14-28(30)38-8)31(37)36-16-19(3)29(33)22(36)6/h9-10,13-15,19,22-23,29H,4-5,11-12,16-17,33H2,1-3,6-8H3/b10-9-,26-25+. The number of aryl methyl sites for hydroxylation is 1. The highest BCUT2D eigenvalue weighted by Gasteiger charge is 2.37. The molecule has 4 rings (SSSR count). The summed E-state index contributed by atoms with van der Waals surface area (Å²) >= 11 is 6.62. The highest BCUT2D eigenvalue weighted by molar-refractivity contribution is 6.47. The Balaban J connectivity index is 1.72. The molecule has 0 spiro atoms. The molecule has 6 nitrogen and oxygen atoms in total. The molecule has 1 aromatic heterocycles. The Bertz CT molecular complexity index is 1390. The molecule has 1 saturated heterocycles. The van der Waals surface area contributed by atoms with Crippen molar-refractivity contribution in [3.05, 3.63) is 64.3 Å². The van der Waals surface area contributed by atoms with E-state index in [0.29, 0.717) is 28.8 Å². The van der Waals surface area contributed by atoms with Crippen LogP contribution in [0.2, 0.25) is 0 Å². The summed E-state index contributed by atoms with van der Waals surface area (Å²) in [6.07, 6.45) is 6.27. The van der Waals surface area contributed by atoms with Crippen LogP contribution in [-0.2, 0) is 6.54 Å². The van der Waals surface area contributed by atoms with Crippen LogP contribution >= 0.6 is 11.6 Å². The lowest BCUT2D eigenvalue weighted by Gasteiger charge is -2.28. The minimum Gasteiger partial charge on any atom is -0.495 e. The van der Waals surface area contributed by atoms with Gasteiger partial charge in [-0.15, -0.1) is 0 Å². The maximum atomic E-state index is 13.5.